The summed E-state index contributed by atoms with van der Waals surface area (Å²) in [7, 11) is 2.14. The van der Waals surface area contributed by atoms with Crippen molar-refractivity contribution >= 4 is 22.6 Å². The summed E-state index contributed by atoms with van der Waals surface area (Å²) in [4.78, 5) is 6.81. The van der Waals surface area contributed by atoms with E-state index in [0.29, 0.717) is 5.88 Å². The second-order valence-corrected chi connectivity index (χ2v) is 5.43. The summed E-state index contributed by atoms with van der Waals surface area (Å²) < 4.78 is 15.4. The number of likely N-dealkylation sites (N-methyl/N-ethyl adjacent to an activating group) is 1. The van der Waals surface area contributed by atoms with Crippen molar-refractivity contribution in [3.63, 3.8) is 0 Å². The monoisotopic (exact) mass is 281 g/mol. The highest BCUT2D eigenvalue weighted by Crippen LogP contribution is 2.25. The fourth-order valence-corrected chi connectivity index (χ4v) is 2.66. The quantitative estimate of drug-likeness (QED) is 0.786. The molecule has 102 valence electrons. The number of imidazole rings is 1. The number of hydrogen-bond donors (Lipinski definition) is 0. The fourth-order valence-electron chi connectivity index (χ4n) is 2.45. The Morgan fingerprint density at radius 2 is 2.26 bits per heavy atom. The molecule has 1 saturated carbocycles. The molecule has 0 spiro atoms. The van der Waals surface area contributed by atoms with Gasteiger partial charge >= 0.3 is 0 Å². The topological polar surface area (TPSA) is 21.1 Å². The smallest absolute Gasteiger partial charge is 0.125 e. The molecule has 0 aliphatic heterocycles. The van der Waals surface area contributed by atoms with Crippen molar-refractivity contribution in [1.29, 1.82) is 0 Å². The molecule has 3 nitrogen and oxygen atoms in total. The van der Waals surface area contributed by atoms with Gasteiger partial charge in [-0.15, -0.1) is 11.6 Å². The van der Waals surface area contributed by atoms with Crippen molar-refractivity contribution in [2.24, 2.45) is 0 Å². The molecule has 0 radical (unpaired) electrons. The van der Waals surface area contributed by atoms with Gasteiger partial charge in [-0.25, -0.2) is 9.37 Å². The largest absolute Gasteiger partial charge is 0.326 e. The molecule has 1 aliphatic carbocycles. The molecule has 1 heterocycles. The minimum atomic E-state index is -0.231. The van der Waals surface area contributed by atoms with E-state index in [1.807, 2.05) is 4.57 Å². The molecule has 3 rings (SSSR count). The van der Waals surface area contributed by atoms with Crippen LogP contribution in [0.3, 0.4) is 0 Å². The maximum atomic E-state index is 13.4. The zero-order chi connectivity index (χ0) is 13.4. The molecular weight excluding hydrogens is 265 g/mol. The van der Waals surface area contributed by atoms with Crippen LogP contribution in [0.25, 0.3) is 11.0 Å². The third kappa shape index (κ3) is 2.60. The molecule has 0 bridgehead atoms. The molecule has 0 amide bonds. The van der Waals surface area contributed by atoms with E-state index in [-0.39, 0.29) is 5.82 Å². The van der Waals surface area contributed by atoms with Crippen molar-refractivity contribution in [3.05, 3.63) is 29.8 Å². The van der Waals surface area contributed by atoms with Crippen LogP contribution in [0.1, 0.15) is 18.7 Å². The Morgan fingerprint density at radius 3 is 2.95 bits per heavy atom. The number of alkyl halides is 1. The van der Waals surface area contributed by atoms with Crippen LogP contribution in [0.5, 0.6) is 0 Å². The summed E-state index contributed by atoms with van der Waals surface area (Å²) in [6, 6.07) is 5.41. The summed E-state index contributed by atoms with van der Waals surface area (Å²) in [6.07, 6.45) is 2.58. The molecule has 1 fully saturated rings. The van der Waals surface area contributed by atoms with Gasteiger partial charge in [0.2, 0.25) is 0 Å². The van der Waals surface area contributed by atoms with Crippen LogP contribution in [0.15, 0.2) is 18.2 Å². The van der Waals surface area contributed by atoms with Gasteiger partial charge in [0.05, 0.1) is 16.9 Å². The van der Waals surface area contributed by atoms with Gasteiger partial charge in [0.25, 0.3) is 0 Å². The van der Waals surface area contributed by atoms with E-state index < -0.39 is 0 Å². The highest BCUT2D eigenvalue weighted by atomic mass is 35.5. The van der Waals surface area contributed by atoms with Gasteiger partial charge in [-0.3, -0.25) is 0 Å². The van der Waals surface area contributed by atoms with Crippen LogP contribution in [-0.4, -0.2) is 34.1 Å². The number of benzene rings is 1. The average molecular weight is 282 g/mol. The minimum Gasteiger partial charge on any atom is -0.326 e. The zero-order valence-corrected chi connectivity index (χ0v) is 11.7. The maximum Gasteiger partial charge on any atom is 0.125 e. The standard InChI is InChI=1S/C14H17ClFN3/c1-18(11-3-4-11)6-7-19-13-8-10(16)2-5-12(13)17-14(19)9-15/h2,5,8,11H,3-4,6-7,9H2,1H3. The van der Waals surface area contributed by atoms with Gasteiger partial charge in [-0.05, 0) is 38.1 Å². The predicted molar refractivity (Wildman–Crippen MR) is 74.9 cm³/mol. The highest BCUT2D eigenvalue weighted by Gasteiger charge is 2.25. The van der Waals surface area contributed by atoms with Crippen molar-refractivity contribution in [1.82, 2.24) is 14.5 Å². The Labute approximate surface area is 117 Å². The van der Waals surface area contributed by atoms with Gasteiger partial charge in [-0.1, -0.05) is 0 Å². The van der Waals surface area contributed by atoms with Crippen LogP contribution < -0.4 is 0 Å². The number of fused-ring (bicyclic) bond motifs is 1. The molecule has 0 saturated heterocycles. The molecule has 0 atom stereocenters. The summed E-state index contributed by atoms with van der Waals surface area (Å²) in [5, 5.41) is 0. The lowest BCUT2D eigenvalue weighted by atomic mass is 10.3. The average Bonchev–Trinajstić information content (AvgIpc) is 3.19. The molecular formula is C14H17ClFN3. The first kappa shape index (κ1) is 12.9. The Balaban J connectivity index is 1.88. The molecule has 0 N–H and O–H groups in total. The summed E-state index contributed by atoms with van der Waals surface area (Å²) in [5.41, 5.74) is 1.64. The van der Waals surface area contributed by atoms with E-state index in [1.165, 1.54) is 25.0 Å². The van der Waals surface area contributed by atoms with E-state index in [1.54, 1.807) is 6.07 Å². The van der Waals surface area contributed by atoms with Crippen LogP contribution in [0.2, 0.25) is 0 Å². The molecule has 0 unspecified atom stereocenters. The van der Waals surface area contributed by atoms with Crippen LogP contribution >= 0.6 is 11.6 Å². The van der Waals surface area contributed by atoms with E-state index in [4.69, 9.17) is 11.6 Å². The summed E-state index contributed by atoms with van der Waals surface area (Å²) in [6.45, 7) is 1.74. The Kier molecular flexibility index (Phi) is 3.46. The van der Waals surface area contributed by atoms with Gasteiger partial charge in [0, 0.05) is 19.1 Å². The Morgan fingerprint density at radius 1 is 1.47 bits per heavy atom. The van der Waals surface area contributed by atoms with Crippen molar-refractivity contribution < 1.29 is 4.39 Å². The Bertz CT molecular complexity index is 592. The SMILES string of the molecule is CN(CCn1c(CCl)nc2ccc(F)cc21)C1CC1. The third-order valence-electron chi connectivity index (χ3n) is 3.76. The normalized spacial score (nSPS) is 15.6. The first-order valence-electron chi connectivity index (χ1n) is 6.60. The van der Waals surface area contributed by atoms with Gasteiger partial charge in [0.15, 0.2) is 0 Å². The number of aromatic nitrogens is 2. The lowest BCUT2D eigenvalue weighted by Gasteiger charge is -2.17. The first-order chi connectivity index (χ1) is 9.19. The predicted octanol–water partition coefficient (Wildman–Crippen LogP) is 3.01. The lowest BCUT2D eigenvalue weighted by Crippen LogP contribution is -2.25. The lowest BCUT2D eigenvalue weighted by molar-refractivity contribution is 0.309. The minimum absolute atomic E-state index is 0.231. The maximum absolute atomic E-state index is 13.4. The molecule has 1 aromatic carbocycles. The second-order valence-electron chi connectivity index (χ2n) is 5.16. The van der Waals surface area contributed by atoms with E-state index in [9.17, 15) is 4.39 Å². The summed E-state index contributed by atoms with van der Waals surface area (Å²) >= 11 is 5.94. The molecule has 2 aromatic rings. The molecule has 19 heavy (non-hydrogen) atoms. The van der Waals surface area contributed by atoms with E-state index in [2.05, 4.69) is 16.9 Å². The first-order valence-corrected chi connectivity index (χ1v) is 7.13. The van der Waals surface area contributed by atoms with Crippen LogP contribution in [0.4, 0.5) is 4.39 Å². The van der Waals surface area contributed by atoms with E-state index in [0.717, 1.165) is 36.0 Å². The van der Waals surface area contributed by atoms with E-state index >= 15 is 0 Å². The van der Waals surface area contributed by atoms with Gasteiger partial charge in [-0.2, -0.15) is 0 Å². The second kappa shape index (κ2) is 5.10. The molecule has 1 aliphatic rings. The zero-order valence-electron chi connectivity index (χ0n) is 10.9. The Hall–Kier alpha value is -1.13. The van der Waals surface area contributed by atoms with Crippen molar-refractivity contribution in [3.8, 4) is 0 Å². The van der Waals surface area contributed by atoms with Gasteiger partial charge in [0.1, 0.15) is 11.6 Å². The third-order valence-corrected chi connectivity index (χ3v) is 3.99. The highest BCUT2D eigenvalue weighted by molar-refractivity contribution is 6.16. The number of nitrogens with zero attached hydrogens (tertiary/aromatic N) is 3. The number of hydrogen-bond acceptors (Lipinski definition) is 2. The molecule has 1 aromatic heterocycles. The van der Waals surface area contributed by atoms with Crippen molar-refractivity contribution in [2.45, 2.75) is 31.3 Å². The summed E-state index contributed by atoms with van der Waals surface area (Å²) in [5.74, 6) is 0.931. The molecule has 5 heteroatoms. The van der Waals surface area contributed by atoms with Gasteiger partial charge < -0.3 is 9.47 Å². The fraction of sp³-hybridized carbons (Fsp3) is 0.500. The van der Waals surface area contributed by atoms with Crippen LogP contribution in [-0.2, 0) is 12.4 Å². The number of rotatable bonds is 5. The number of halogens is 2. The van der Waals surface area contributed by atoms with Crippen molar-refractivity contribution in [2.75, 3.05) is 13.6 Å². The van der Waals surface area contributed by atoms with Crippen LogP contribution in [0, 0.1) is 5.82 Å².